The second kappa shape index (κ2) is 3.81. The van der Waals surface area contributed by atoms with E-state index in [1.54, 1.807) is 6.07 Å². The molecular formula is C8H9BrFN. The van der Waals surface area contributed by atoms with Gasteiger partial charge in [-0.2, -0.15) is 0 Å². The molecule has 0 aliphatic heterocycles. The average molecular weight is 218 g/mol. The van der Waals surface area contributed by atoms with E-state index in [1.807, 2.05) is 6.92 Å². The van der Waals surface area contributed by atoms with Crippen molar-refractivity contribution in [3.05, 3.63) is 29.8 Å². The van der Waals surface area contributed by atoms with E-state index in [0.29, 0.717) is 0 Å². The molecule has 0 spiro atoms. The molecule has 3 heteroatoms. The third-order valence-electron chi connectivity index (χ3n) is 1.43. The molecule has 11 heavy (non-hydrogen) atoms. The van der Waals surface area contributed by atoms with Crippen molar-refractivity contribution in [1.29, 1.82) is 0 Å². The van der Waals surface area contributed by atoms with E-state index in [2.05, 4.69) is 20.9 Å². The first-order valence-corrected chi connectivity index (χ1v) is 4.41. The maximum absolute atomic E-state index is 12.4. The molecule has 0 amide bonds. The molecule has 0 aliphatic carbocycles. The minimum atomic E-state index is -0.287. The van der Waals surface area contributed by atoms with E-state index >= 15 is 0 Å². The van der Waals surface area contributed by atoms with Crippen molar-refractivity contribution < 1.29 is 4.39 Å². The fourth-order valence-corrected chi connectivity index (χ4v) is 1.05. The minimum absolute atomic E-state index is 0.239. The van der Waals surface area contributed by atoms with Gasteiger partial charge < -0.3 is 0 Å². The van der Waals surface area contributed by atoms with Crippen molar-refractivity contribution in [1.82, 2.24) is 4.98 Å². The van der Waals surface area contributed by atoms with Crippen LogP contribution in [0.5, 0.6) is 0 Å². The van der Waals surface area contributed by atoms with Gasteiger partial charge >= 0.3 is 0 Å². The molecule has 0 radical (unpaired) electrons. The van der Waals surface area contributed by atoms with E-state index in [1.165, 1.54) is 12.3 Å². The van der Waals surface area contributed by atoms with Crippen molar-refractivity contribution in [2.24, 2.45) is 0 Å². The van der Waals surface area contributed by atoms with Gasteiger partial charge in [0.05, 0.1) is 16.7 Å². The maximum atomic E-state index is 12.4. The first-order valence-electron chi connectivity index (χ1n) is 3.49. The van der Waals surface area contributed by atoms with Gasteiger partial charge in [-0.25, -0.2) is 4.39 Å². The predicted molar refractivity (Wildman–Crippen MR) is 46.2 cm³/mol. The number of rotatable bonds is 2. The summed E-state index contributed by atoms with van der Waals surface area (Å²) in [4.78, 5) is 4.17. The number of hydrogen-bond acceptors (Lipinski definition) is 1. The van der Waals surface area contributed by atoms with Crippen LogP contribution in [0, 0.1) is 5.82 Å². The topological polar surface area (TPSA) is 12.9 Å². The fourth-order valence-electron chi connectivity index (χ4n) is 0.782. The lowest BCUT2D eigenvalue weighted by Gasteiger charge is -2.03. The summed E-state index contributed by atoms with van der Waals surface area (Å²) >= 11 is 3.42. The smallest absolute Gasteiger partial charge is 0.141 e. The molecule has 0 fully saturated rings. The Bertz CT molecular complexity index is 222. The first kappa shape index (κ1) is 8.65. The summed E-state index contributed by atoms with van der Waals surface area (Å²) in [7, 11) is 0. The van der Waals surface area contributed by atoms with Crippen LogP contribution in [-0.2, 0) is 0 Å². The molecule has 1 aromatic rings. The second-order valence-corrected chi connectivity index (χ2v) is 3.38. The number of nitrogens with zero attached hydrogens (tertiary/aromatic N) is 1. The molecule has 60 valence electrons. The Hall–Kier alpha value is -0.440. The van der Waals surface area contributed by atoms with Crippen molar-refractivity contribution >= 4 is 15.9 Å². The Labute approximate surface area is 73.8 Å². The molecule has 1 nitrogen and oxygen atoms in total. The zero-order valence-corrected chi connectivity index (χ0v) is 7.81. The first-order chi connectivity index (χ1) is 5.24. The van der Waals surface area contributed by atoms with Crippen LogP contribution in [-0.4, -0.2) is 4.98 Å². The lowest BCUT2D eigenvalue weighted by molar-refractivity contribution is 0.618. The summed E-state index contributed by atoms with van der Waals surface area (Å²) in [5.41, 5.74) is 0.883. The number of pyridine rings is 1. The van der Waals surface area contributed by atoms with Gasteiger partial charge in [0, 0.05) is 0 Å². The van der Waals surface area contributed by atoms with E-state index in [4.69, 9.17) is 0 Å². The van der Waals surface area contributed by atoms with Crippen molar-refractivity contribution in [3.63, 3.8) is 0 Å². The number of hydrogen-bond donors (Lipinski definition) is 0. The van der Waals surface area contributed by atoms with Crippen LogP contribution in [0.15, 0.2) is 18.3 Å². The number of aromatic nitrogens is 1. The highest BCUT2D eigenvalue weighted by molar-refractivity contribution is 9.09. The average Bonchev–Trinajstić information content (AvgIpc) is 2.05. The molecule has 0 N–H and O–H groups in total. The summed E-state index contributed by atoms with van der Waals surface area (Å²) in [6.45, 7) is 2.05. The van der Waals surface area contributed by atoms with Crippen LogP contribution < -0.4 is 0 Å². The normalized spacial score (nSPS) is 13.0. The Balaban J connectivity index is 2.81. The number of alkyl halides is 1. The van der Waals surface area contributed by atoms with Crippen molar-refractivity contribution in [3.8, 4) is 0 Å². The molecule has 0 aromatic carbocycles. The monoisotopic (exact) mass is 217 g/mol. The summed E-state index contributed by atoms with van der Waals surface area (Å²) in [5.74, 6) is -0.287. The van der Waals surface area contributed by atoms with Crippen molar-refractivity contribution in [2.75, 3.05) is 0 Å². The van der Waals surface area contributed by atoms with Gasteiger partial charge in [0.15, 0.2) is 0 Å². The largest absolute Gasteiger partial charge is 0.257 e. The molecular weight excluding hydrogens is 209 g/mol. The van der Waals surface area contributed by atoms with Gasteiger partial charge in [0.25, 0.3) is 0 Å². The van der Waals surface area contributed by atoms with Gasteiger partial charge in [0.1, 0.15) is 5.82 Å². The quantitative estimate of drug-likeness (QED) is 0.695. The van der Waals surface area contributed by atoms with Crippen LogP contribution in [0.1, 0.15) is 23.9 Å². The van der Waals surface area contributed by atoms with Gasteiger partial charge in [-0.15, -0.1) is 0 Å². The maximum Gasteiger partial charge on any atom is 0.141 e. The Kier molecular flexibility index (Phi) is 3.00. The molecule has 0 saturated carbocycles. The summed E-state index contributed by atoms with van der Waals surface area (Å²) in [5, 5.41) is 0. The highest BCUT2D eigenvalue weighted by Crippen LogP contribution is 2.23. The van der Waals surface area contributed by atoms with E-state index < -0.39 is 0 Å². The lowest BCUT2D eigenvalue weighted by Crippen LogP contribution is -1.91. The van der Waals surface area contributed by atoms with Gasteiger partial charge in [-0.1, -0.05) is 22.9 Å². The summed E-state index contributed by atoms with van der Waals surface area (Å²) in [6.07, 6.45) is 2.19. The molecule has 1 rings (SSSR count). The molecule has 1 heterocycles. The zero-order valence-electron chi connectivity index (χ0n) is 6.22. The van der Waals surface area contributed by atoms with Gasteiger partial charge in [0.2, 0.25) is 0 Å². The molecule has 0 bridgehead atoms. The molecule has 0 saturated heterocycles. The van der Waals surface area contributed by atoms with Crippen LogP contribution in [0.25, 0.3) is 0 Å². The van der Waals surface area contributed by atoms with Gasteiger partial charge in [-0.3, -0.25) is 4.98 Å². The van der Waals surface area contributed by atoms with Crippen molar-refractivity contribution in [2.45, 2.75) is 18.2 Å². The Morgan fingerprint density at radius 3 is 2.82 bits per heavy atom. The second-order valence-electron chi connectivity index (χ2n) is 2.28. The third kappa shape index (κ3) is 2.26. The molecule has 1 unspecified atom stereocenters. The van der Waals surface area contributed by atoms with Gasteiger partial charge in [-0.05, 0) is 18.6 Å². The zero-order chi connectivity index (χ0) is 8.27. The predicted octanol–water partition coefficient (Wildman–Crippen LogP) is 3.07. The fraction of sp³-hybridized carbons (Fsp3) is 0.375. The SMILES string of the molecule is CCC(Br)c1ccc(F)cn1. The highest BCUT2D eigenvalue weighted by Gasteiger charge is 2.04. The summed E-state index contributed by atoms with van der Waals surface area (Å²) in [6, 6.07) is 3.12. The molecule has 0 aliphatic rings. The molecule has 1 aromatic heterocycles. The molecule has 1 atom stereocenters. The standard InChI is InChI=1S/C8H9BrFN/c1-2-7(9)8-4-3-6(10)5-11-8/h3-5,7H,2H2,1H3. The van der Waals surface area contributed by atoms with E-state index in [9.17, 15) is 4.39 Å². The lowest BCUT2D eigenvalue weighted by atomic mass is 10.2. The Morgan fingerprint density at radius 1 is 1.64 bits per heavy atom. The summed E-state index contributed by atoms with van der Waals surface area (Å²) < 4.78 is 12.4. The highest BCUT2D eigenvalue weighted by atomic mass is 79.9. The van der Waals surface area contributed by atoms with E-state index in [-0.39, 0.29) is 10.6 Å². The number of halogens is 2. The van der Waals surface area contributed by atoms with Crippen LogP contribution in [0.2, 0.25) is 0 Å². The van der Waals surface area contributed by atoms with E-state index in [0.717, 1.165) is 12.1 Å². The van der Waals surface area contributed by atoms with Crippen LogP contribution in [0.4, 0.5) is 4.39 Å². The third-order valence-corrected chi connectivity index (χ3v) is 2.55. The van der Waals surface area contributed by atoms with Crippen LogP contribution in [0.3, 0.4) is 0 Å². The minimum Gasteiger partial charge on any atom is -0.257 e. The van der Waals surface area contributed by atoms with Crippen LogP contribution >= 0.6 is 15.9 Å². The Morgan fingerprint density at radius 2 is 2.36 bits per heavy atom.